The number of hydrogen-bond acceptors (Lipinski definition) is 3. The van der Waals surface area contributed by atoms with Gasteiger partial charge in [0.1, 0.15) is 11.5 Å². The lowest BCUT2D eigenvalue weighted by Crippen LogP contribution is -2.51. The van der Waals surface area contributed by atoms with Gasteiger partial charge in [-0.05, 0) is 36.8 Å². The van der Waals surface area contributed by atoms with Crippen LogP contribution in [0.3, 0.4) is 0 Å². The number of piperazine rings is 1. The van der Waals surface area contributed by atoms with Gasteiger partial charge in [0.15, 0.2) is 0 Å². The summed E-state index contributed by atoms with van der Waals surface area (Å²) in [5, 5.41) is 0. The third kappa shape index (κ3) is 3.60. The van der Waals surface area contributed by atoms with Crippen LogP contribution in [0.15, 0.2) is 16.5 Å². The van der Waals surface area contributed by atoms with E-state index in [-0.39, 0.29) is 17.7 Å². The molecule has 0 aromatic carbocycles. The Balaban J connectivity index is 1.21. The lowest BCUT2D eigenvalue weighted by molar-refractivity contribution is -0.140. The van der Waals surface area contributed by atoms with E-state index in [1.54, 1.807) is 0 Å². The Morgan fingerprint density at radius 1 is 1.04 bits per heavy atom. The van der Waals surface area contributed by atoms with Gasteiger partial charge in [-0.25, -0.2) is 0 Å². The molecule has 3 fully saturated rings. The summed E-state index contributed by atoms with van der Waals surface area (Å²) in [6.45, 7) is 7.05. The number of nitrogens with zero attached hydrogens (tertiary/aromatic N) is 2. The molecule has 3 aliphatic rings. The van der Waals surface area contributed by atoms with Gasteiger partial charge in [-0.2, -0.15) is 0 Å². The van der Waals surface area contributed by atoms with Crippen LogP contribution in [-0.4, -0.2) is 47.8 Å². The van der Waals surface area contributed by atoms with Crippen molar-refractivity contribution in [2.45, 2.75) is 45.4 Å². The minimum absolute atomic E-state index is 0.171. The van der Waals surface area contributed by atoms with E-state index in [4.69, 9.17) is 4.42 Å². The molecule has 2 aliphatic carbocycles. The Morgan fingerprint density at radius 2 is 1.68 bits per heavy atom. The first-order valence-corrected chi connectivity index (χ1v) is 9.68. The number of hydrogen-bond donors (Lipinski definition) is 0. The number of carbonyl (C=O) groups excluding carboxylic acids is 2. The van der Waals surface area contributed by atoms with Crippen LogP contribution in [0.25, 0.3) is 0 Å². The van der Waals surface area contributed by atoms with Crippen molar-refractivity contribution in [3.8, 4) is 0 Å². The van der Waals surface area contributed by atoms with Crippen LogP contribution in [-0.2, 0) is 16.0 Å². The molecule has 0 unspecified atom stereocenters. The first-order chi connectivity index (χ1) is 12.0. The molecule has 1 aromatic heterocycles. The molecule has 0 N–H and O–H groups in total. The molecule has 136 valence electrons. The zero-order valence-electron chi connectivity index (χ0n) is 15.2. The van der Waals surface area contributed by atoms with Crippen molar-refractivity contribution >= 4 is 11.8 Å². The zero-order chi connectivity index (χ0) is 17.6. The Bertz CT molecular complexity index is 660. The minimum atomic E-state index is 0.171. The molecule has 4 rings (SSSR count). The van der Waals surface area contributed by atoms with Gasteiger partial charge in [0.2, 0.25) is 11.8 Å². The fraction of sp³-hybridized carbons (Fsp3) is 0.700. The van der Waals surface area contributed by atoms with Crippen LogP contribution in [0, 0.1) is 17.8 Å². The first-order valence-electron chi connectivity index (χ1n) is 9.68. The molecule has 25 heavy (non-hydrogen) atoms. The zero-order valence-corrected chi connectivity index (χ0v) is 15.2. The number of amides is 2. The van der Waals surface area contributed by atoms with Gasteiger partial charge < -0.3 is 14.2 Å². The SMILES string of the molecule is C[C@@H]1C[C@@H]1C(=O)N1CCN(C(=O)CCc2ccc([C@H]3C[C@H]3C)o2)CC1. The van der Waals surface area contributed by atoms with Crippen molar-refractivity contribution in [2.24, 2.45) is 17.8 Å². The lowest BCUT2D eigenvalue weighted by Gasteiger charge is -2.35. The summed E-state index contributed by atoms with van der Waals surface area (Å²) < 4.78 is 5.88. The van der Waals surface area contributed by atoms with Gasteiger partial charge in [0.05, 0.1) is 0 Å². The van der Waals surface area contributed by atoms with Gasteiger partial charge in [-0.15, -0.1) is 0 Å². The summed E-state index contributed by atoms with van der Waals surface area (Å²) in [4.78, 5) is 28.5. The molecule has 0 spiro atoms. The van der Waals surface area contributed by atoms with E-state index in [1.165, 1.54) is 6.42 Å². The van der Waals surface area contributed by atoms with E-state index in [0.717, 1.165) is 23.9 Å². The average Bonchev–Trinajstić information content (AvgIpc) is 3.48. The van der Waals surface area contributed by atoms with E-state index in [0.29, 0.717) is 50.9 Å². The van der Waals surface area contributed by atoms with Gasteiger partial charge in [0.25, 0.3) is 0 Å². The summed E-state index contributed by atoms with van der Waals surface area (Å²) in [6, 6.07) is 4.08. The molecule has 0 radical (unpaired) electrons. The smallest absolute Gasteiger partial charge is 0.226 e. The topological polar surface area (TPSA) is 53.8 Å². The molecular formula is C20H28N2O3. The van der Waals surface area contributed by atoms with Crippen LogP contribution < -0.4 is 0 Å². The van der Waals surface area contributed by atoms with Crippen molar-refractivity contribution in [1.82, 2.24) is 9.80 Å². The Hall–Kier alpha value is -1.78. The largest absolute Gasteiger partial charge is 0.466 e. The van der Waals surface area contributed by atoms with E-state index in [2.05, 4.69) is 19.9 Å². The molecular weight excluding hydrogens is 316 g/mol. The maximum Gasteiger partial charge on any atom is 0.226 e. The first kappa shape index (κ1) is 16.7. The second-order valence-corrected chi connectivity index (χ2v) is 8.15. The van der Waals surface area contributed by atoms with Crippen molar-refractivity contribution in [2.75, 3.05) is 26.2 Å². The van der Waals surface area contributed by atoms with Crippen LogP contribution in [0.4, 0.5) is 0 Å². The fourth-order valence-corrected chi connectivity index (χ4v) is 3.91. The van der Waals surface area contributed by atoms with Crippen LogP contribution in [0.5, 0.6) is 0 Å². The minimum Gasteiger partial charge on any atom is -0.466 e. The second kappa shape index (κ2) is 6.50. The molecule has 1 saturated heterocycles. The van der Waals surface area contributed by atoms with Gasteiger partial charge >= 0.3 is 0 Å². The molecule has 5 nitrogen and oxygen atoms in total. The fourth-order valence-electron chi connectivity index (χ4n) is 3.91. The third-order valence-corrected chi connectivity index (χ3v) is 6.11. The van der Waals surface area contributed by atoms with E-state index in [1.807, 2.05) is 15.9 Å². The molecule has 2 amide bonds. The van der Waals surface area contributed by atoms with Crippen LogP contribution in [0.2, 0.25) is 0 Å². The summed E-state index contributed by atoms with van der Waals surface area (Å²) in [6.07, 6.45) is 3.40. The molecule has 2 saturated carbocycles. The normalized spacial score (nSPS) is 31.1. The van der Waals surface area contributed by atoms with E-state index < -0.39 is 0 Å². The van der Waals surface area contributed by atoms with Gasteiger partial charge in [0, 0.05) is 50.9 Å². The molecule has 0 bridgehead atoms. The quantitative estimate of drug-likeness (QED) is 0.825. The number of carbonyl (C=O) groups is 2. The summed E-state index contributed by atoms with van der Waals surface area (Å²) in [5.74, 6) is 4.56. The Morgan fingerprint density at radius 3 is 2.28 bits per heavy atom. The van der Waals surface area contributed by atoms with Crippen molar-refractivity contribution in [1.29, 1.82) is 0 Å². The molecule has 4 atom stereocenters. The Labute approximate surface area is 149 Å². The molecule has 1 aliphatic heterocycles. The predicted molar refractivity (Wildman–Crippen MR) is 94.0 cm³/mol. The van der Waals surface area contributed by atoms with Crippen LogP contribution >= 0.6 is 0 Å². The van der Waals surface area contributed by atoms with Gasteiger partial charge in [-0.3, -0.25) is 9.59 Å². The lowest BCUT2D eigenvalue weighted by atomic mass is 10.2. The van der Waals surface area contributed by atoms with Crippen molar-refractivity contribution in [3.05, 3.63) is 23.7 Å². The highest BCUT2D eigenvalue weighted by molar-refractivity contribution is 5.82. The number of furan rings is 1. The Kier molecular flexibility index (Phi) is 4.34. The summed E-state index contributed by atoms with van der Waals surface area (Å²) in [7, 11) is 0. The summed E-state index contributed by atoms with van der Waals surface area (Å²) in [5.41, 5.74) is 0. The van der Waals surface area contributed by atoms with Crippen molar-refractivity contribution < 1.29 is 14.0 Å². The third-order valence-electron chi connectivity index (χ3n) is 6.11. The highest BCUT2D eigenvalue weighted by Crippen LogP contribution is 2.47. The van der Waals surface area contributed by atoms with Crippen LogP contribution in [0.1, 0.15) is 50.5 Å². The summed E-state index contributed by atoms with van der Waals surface area (Å²) >= 11 is 0. The average molecular weight is 344 g/mol. The maximum absolute atomic E-state index is 12.4. The van der Waals surface area contributed by atoms with E-state index >= 15 is 0 Å². The molecule has 1 aromatic rings. The standard InChI is InChI=1S/C20H28N2O3/c1-13-11-16(13)18-5-3-15(25-18)4-6-19(23)21-7-9-22(10-8-21)20(24)17-12-14(17)2/h3,5,13-14,16-17H,4,6-12H2,1-2H3/t13-,14-,16+,17+/m1/s1. The monoisotopic (exact) mass is 344 g/mol. The van der Waals surface area contributed by atoms with Crippen molar-refractivity contribution in [3.63, 3.8) is 0 Å². The maximum atomic E-state index is 12.4. The molecule has 2 heterocycles. The predicted octanol–water partition coefficient (Wildman–Crippen LogP) is 2.66. The number of aryl methyl sites for hydroxylation is 1. The van der Waals surface area contributed by atoms with Gasteiger partial charge in [-0.1, -0.05) is 13.8 Å². The highest BCUT2D eigenvalue weighted by atomic mass is 16.3. The highest BCUT2D eigenvalue weighted by Gasteiger charge is 2.42. The van der Waals surface area contributed by atoms with E-state index in [9.17, 15) is 9.59 Å². The second-order valence-electron chi connectivity index (χ2n) is 8.15. The number of rotatable bonds is 5. The molecule has 5 heteroatoms.